The Bertz CT molecular complexity index is 748. The molecule has 0 bridgehead atoms. The third-order valence-corrected chi connectivity index (χ3v) is 3.53. The van der Waals surface area contributed by atoms with Crippen LogP contribution in [0.4, 0.5) is 0 Å². The molecule has 0 unspecified atom stereocenters. The molecule has 2 rings (SSSR count). The van der Waals surface area contributed by atoms with Gasteiger partial charge in [-0.05, 0) is 24.6 Å². The quantitative estimate of drug-likeness (QED) is 0.825. The molecule has 0 atom stereocenters. The second-order valence-corrected chi connectivity index (χ2v) is 5.77. The van der Waals surface area contributed by atoms with Gasteiger partial charge in [0.25, 0.3) is 15.9 Å². The Labute approximate surface area is 122 Å². The van der Waals surface area contributed by atoms with Gasteiger partial charge in [-0.2, -0.15) is 0 Å². The summed E-state index contributed by atoms with van der Waals surface area (Å²) in [6, 6.07) is 10.4. The summed E-state index contributed by atoms with van der Waals surface area (Å²) < 4.78 is 28.4. The predicted molar refractivity (Wildman–Crippen MR) is 78.4 cm³/mol. The van der Waals surface area contributed by atoms with Crippen molar-refractivity contribution in [3.8, 4) is 0 Å². The maximum atomic E-state index is 11.7. The van der Waals surface area contributed by atoms with E-state index in [1.165, 1.54) is 18.4 Å². The molecule has 21 heavy (non-hydrogen) atoms. The van der Waals surface area contributed by atoms with Gasteiger partial charge in [0.05, 0.1) is 11.8 Å². The fraction of sp³-hybridized carbons (Fsp3) is 0.0714. The number of aryl methyl sites for hydroxylation is 1. The van der Waals surface area contributed by atoms with Crippen LogP contribution in [0.5, 0.6) is 0 Å². The molecule has 1 amide bonds. The molecule has 0 radical (unpaired) electrons. The maximum Gasteiger partial charge on any atom is 0.269 e. The van der Waals surface area contributed by atoms with Crippen LogP contribution in [0.15, 0.2) is 52.5 Å². The van der Waals surface area contributed by atoms with Gasteiger partial charge in [-0.1, -0.05) is 30.3 Å². The van der Waals surface area contributed by atoms with Gasteiger partial charge in [-0.25, -0.2) is 8.42 Å². The summed E-state index contributed by atoms with van der Waals surface area (Å²) in [6.45, 7) is 1.61. The molecule has 2 aromatic rings. The lowest BCUT2D eigenvalue weighted by Gasteiger charge is -2.04. The summed E-state index contributed by atoms with van der Waals surface area (Å²) in [5.41, 5.74) is 3.12. The van der Waals surface area contributed by atoms with E-state index in [2.05, 4.69) is 5.43 Å². The third-order valence-electron chi connectivity index (χ3n) is 2.65. The van der Waals surface area contributed by atoms with E-state index >= 15 is 0 Å². The monoisotopic (exact) mass is 306 g/mol. The highest BCUT2D eigenvalue weighted by molar-refractivity contribution is 7.92. The van der Waals surface area contributed by atoms with Crippen molar-refractivity contribution in [2.24, 2.45) is 0 Å². The molecule has 110 valence electrons. The molecule has 0 aliphatic rings. The molecular weight excluding hydrogens is 292 g/mol. The summed E-state index contributed by atoms with van der Waals surface area (Å²) in [5, 5.41) is 0.977. The van der Waals surface area contributed by atoms with Crippen LogP contribution in [0.2, 0.25) is 0 Å². The number of hydrogen-bond acceptors (Lipinski definition) is 4. The van der Waals surface area contributed by atoms with Crippen LogP contribution in [0.1, 0.15) is 21.7 Å². The number of nitrogens with one attached hydrogen (secondary N) is 2. The van der Waals surface area contributed by atoms with Gasteiger partial charge in [-0.15, -0.1) is 4.83 Å². The first kappa shape index (κ1) is 15.0. The van der Waals surface area contributed by atoms with Gasteiger partial charge in [0, 0.05) is 5.41 Å². The Balaban J connectivity index is 1.97. The molecule has 0 fully saturated rings. The summed E-state index contributed by atoms with van der Waals surface area (Å²) in [6.07, 6.45) is 2.78. The number of amides is 1. The van der Waals surface area contributed by atoms with Crippen LogP contribution >= 0.6 is 0 Å². The van der Waals surface area contributed by atoms with Crippen molar-refractivity contribution in [1.82, 2.24) is 10.3 Å². The maximum absolute atomic E-state index is 11.7. The highest BCUT2D eigenvalue weighted by Crippen LogP contribution is 2.08. The van der Waals surface area contributed by atoms with E-state index in [1.807, 2.05) is 10.9 Å². The average Bonchev–Trinajstić information content (AvgIpc) is 2.90. The van der Waals surface area contributed by atoms with Gasteiger partial charge in [-0.3, -0.25) is 10.2 Å². The van der Waals surface area contributed by atoms with Crippen LogP contribution in [0, 0.1) is 6.92 Å². The van der Waals surface area contributed by atoms with Crippen LogP contribution in [-0.2, 0) is 10.0 Å². The predicted octanol–water partition coefficient (Wildman–Crippen LogP) is 1.82. The minimum Gasteiger partial charge on any atom is -0.469 e. The van der Waals surface area contributed by atoms with Crippen LogP contribution in [0.3, 0.4) is 0 Å². The van der Waals surface area contributed by atoms with E-state index in [9.17, 15) is 13.2 Å². The summed E-state index contributed by atoms with van der Waals surface area (Å²) in [4.78, 5) is 13.7. The molecule has 0 aliphatic carbocycles. The molecule has 1 aromatic carbocycles. The van der Waals surface area contributed by atoms with Crippen molar-refractivity contribution in [2.45, 2.75) is 6.92 Å². The lowest BCUT2D eigenvalue weighted by molar-refractivity contribution is 0.0944. The SMILES string of the molecule is Cc1occc1C(=O)NNS(=O)(=O)/C=C/c1ccccc1. The van der Waals surface area contributed by atoms with E-state index < -0.39 is 15.9 Å². The number of carbonyl (C=O) groups excluding carboxylic acids is 1. The Hall–Kier alpha value is -2.38. The largest absolute Gasteiger partial charge is 0.469 e. The van der Waals surface area contributed by atoms with Crippen molar-refractivity contribution < 1.29 is 17.6 Å². The van der Waals surface area contributed by atoms with Crippen molar-refractivity contribution >= 4 is 22.0 Å². The molecule has 0 saturated carbocycles. The van der Waals surface area contributed by atoms with Crippen LogP contribution < -0.4 is 10.3 Å². The van der Waals surface area contributed by atoms with E-state index in [0.29, 0.717) is 5.76 Å². The average molecular weight is 306 g/mol. The van der Waals surface area contributed by atoms with E-state index in [4.69, 9.17) is 4.42 Å². The van der Waals surface area contributed by atoms with Gasteiger partial charge in [0.1, 0.15) is 5.76 Å². The minimum absolute atomic E-state index is 0.268. The summed E-state index contributed by atoms with van der Waals surface area (Å²) in [7, 11) is -3.77. The molecule has 0 saturated heterocycles. The number of sulfonamides is 1. The molecule has 1 heterocycles. The molecule has 1 aromatic heterocycles. The van der Waals surface area contributed by atoms with Crippen molar-refractivity contribution in [3.63, 3.8) is 0 Å². The normalized spacial score (nSPS) is 11.7. The van der Waals surface area contributed by atoms with E-state index in [1.54, 1.807) is 31.2 Å². The lowest BCUT2D eigenvalue weighted by atomic mass is 10.2. The molecule has 2 N–H and O–H groups in total. The Kier molecular flexibility index (Phi) is 4.56. The first-order valence-corrected chi connectivity index (χ1v) is 7.62. The smallest absolute Gasteiger partial charge is 0.269 e. The zero-order chi connectivity index (χ0) is 15.3. The zero-order valence-electron chi connectivity index (χ0n) is 11.2. The fourth-order valence-corrected chi connectivity index (χ4v) is 2.21. The number of benzene rings is 1. The van der Waals surface area contributed by atoms with Gasteiger partial charge in [0.2, 0.25) is 0 Å². The van der Waals surface area contributed by atoms with Crippen LogP contribution in [-0.4, -0.2) is 14.3 Å². The fourth-order valence-electron chi connectivity index (χ4n) is 1.57. The van der Waals surface area contributed by atoms with Crippen molar-refractivity contribution in [2.75, 3.05) is 0 Å². The molecule has 6 nitrogen and oxygen atoms in total. The molecule has 0 spiro atoms. The highest BCUT2D eigenvalue weighted by atomic mass is 32.2. The molecule has 0 aliphatic heterocycles. The first-order chi connectivity index (χ1) is 9.98. The number of furan rings is 1. The molecular formula is C14H14N2O4S. The standard InChI is InChI=1S/C14H14N2O4S/c1-11-13(7-9-20-11)14(17)15-16-21(18,19)10-8-12-5-3-2-4-6-12/h2-10,16H,1H3,(H,15,17)/b10-8+. The molecule has 7 heteroatoms. The van der Waals surface area contributed by atoms with Gasteiger partial charge in [0.15, 0.2) is 0 Å². The van der Waals surface area contributed by atoms with Crippen LogP contribution in [0.25, 0.3) is 6.08 Å². The van der Waals surface area contributed by atoms with Crippen molar-refractivity contribution in [3.05, 3.63) is 65.0 Å². The summed E-state index contributed by atoms with van der Waals surface area (Å²) in [5.74, 6) is -0.176. The Morgan fingerprint density at radius 3 is 2.52 bits per heavy atom. The Morgan fingerprint density at radius 2 is 1.90 bits per heavy atom. The van der Waals surface area contributed by atoms with Gasteiger partial charge >= 0.3 is 0 Å². The highest BCUT2D eigenvalue weighted by Gasteiger charge is 2.13. The van der Waals surface area contributed by atoms with E-state index in [0.717, 1.165) is 11.0 Å². The zero-order valence-corrected chi connectivity index (χ0v) is 12.1. The van der Waals surface area contributed by atoms with Gasteiger partial charge < -0.3 is 4.42 Å². The number of carbonyl (C=O) groups is 1. The number of hydrogen-bond donors (Lipinski definition) is 2. The topological polar surface area (TPSA) is 88.4 Å². The second kappa shape index (κ2) is 6.38. The van der Waals surface area contributed by atoms with E-state index in [-0.39, 0.29) is 5.56 Å². The first-order valence-electron chi connectivity index (χ1n) is 6.07. The second-order valence-electron chi connectivity index (χ2n) is 4.21. The number of rotatable bonds is 5. The Morgan fingerprint density at radius 1 is 1.19 bits per heavy atom. The number of hydrazine groups is 1. The lowest BCUT2D eigenvalue weighted by Crippen LogP contribution is -2.40. The minimum atomic E-state index is -3.77. The third kappa shape index (κ3) is 4.30. The summed E-state index contributed by atoms with van der Waals surface area (Å²) >= 11 is 0. The van der Waals surface area contributed by atoms with Crippen molar-refractivity contribution in [1.29, 1.82) is 0 Å².